The Labute approximate surface area is 117 Å². The predicted molar refractivity (Wildman–Crippen MR) is 83.5 cm³/mol. The Morgan fingerprint density at radius 2 is 1.82 bits per heavy atom. The second kappa shape index (κ2) is 5.71. The summed E-state index contributed by atoms with van der Waals surface area (Å²) in [6.45, 7) is 4.45. The molecule has 2 heteroatoms. The minimum absolute atomic E-state index is 0.440. The number of anilines is 1. The molecule has 2 rings (SSSR count). The number of hydrogen-bond acceptors (Lipinski definition) is 1. The lowest BCUT2D eigenvalue weighted by atomic mass is 10.0. The highest BCUT2D eigenvalue weighted by Crippen LogP contribution is 2.32. The van der Waals surface area contributed by atoms with Crippen LogP contribution in [0.15, 0.2) is 53.8 Å². The Morgan fingerprint density at radius 3 is 2.41 bits per heavy atom. The van der Waals surface area contributed by atoms with Gasteiger partial charge in [0.2, 0.25) is 0 Å². The maximum atomic E-state index is 2.52. The van der Waals surface area contributed by atoms with Gasteiger partial charge < -0.3 is 4.90 Å². The SMILES string of the molecule is CCC1=CN(c2ccccc2)C(I)C(CC)=C1. The molecular weight excluding hydrogens is 321 g/mol. The van der Waals surface area contributed by atoms with E-state index < -0.39 is 0 Å². The van der Waals surface area contributed by atoms with Crippen LogP contribution in [-0.4, -0.2) is 4.05 Å². The summed E-state index contributed by atoms with van der Waals surface area (Å²) in [5, 5.41) is 0. The van der Waals surface area contributed by atoms with Crippen LogP contribution in [0.25, 0.3) is 0 Å². The highest BCUT2D eigenvalue weighted by atomic mass is 127. The monoisotopic (exact) mass is 339 g/mol. The Kier molecular flexibility index (Phi) is 4.26. The first-order valence-corrected chi connectivity index (χ1v) is 7.39. The summed E-state index contributed by atoms with van der Waals surface area (Å²) in [4.78, 5) is 2.37. The van der Waals surface area contributed by atoms with E-state index in [0.717, 1.165) is 12.8 Å². The molecule has 0 aromatic heterocycles. The van der Waals surface area contributed by atoms with Gasteiger partial charge in [-0.05, 0) is 36.1 Å². The topological polar surface area (TPSA) is 3.24 Å². The second-order valence-electron chi connectivity index (χ2n) is 4.21. The summed E-state index contributed by atoms with van der Waals surface area (Å²) in [7, 11) is 0. The van der Waals surface area contributed by atoms with Gasteiger partial charge in [-0.2, -0.15) is 0 Å². The molecule has 0 bridgehead atoms. The van der Waals surface area contributed by atoms with Crippen LogP contribution in [0, 0.1) is 0 Å². The number of para-hydroxylation sites is 1. The fourth-order valence-corrected chi connectivity index (χ4v) is 3.14. The van der Waals surface area contributed by atoms with Gasteiger partial charge in [0.1, 0.15) is 4.05 Å². The number of alkyl halides is 1. The fraction of sp³-hybridized carbons (Fsp3) is 0.333. The molecule has 1 aliphatic rings. The van der Waals surface area contributed by atoms with Crippen LogP contribution < -0.4 is 4.90 Å². The van der Waals surface area contributed by atoms with Crippen LogP contribution in [0.3, 0.4) is 0 Å². The van der Waals surface area contributed by atoms with Gasteiger partial charge in [-0.1, -0.05) is 60.7 Å². The quantitative estimate of drug-likeness (QED) is 0.430. The molecule has 1 atom stereocenters. The van der Waals surface area contributed by atoms with Crippen molar-refractivity contribution in [1.29, 1.82) is 0 Å². The van der Waals surface area contributed by atoms with E-state index in [4.69, 9.17) is 0 Å². The van der Waals surface area contributed by atoms with Gasteiger partial charge >= 0.3 is 0 Å². The summed E-state index contributed by atoms with van der Waals surface area (Å²) in [5.74, 6) is 0. The van der Waals surface area contributed by atoms with Crippen molar-refractivity contribution < 1.29 is 0 Å². The molecule has 1 aromatic rings. The molecule has 1 heterocycles. The lowest BCUT2D eigenvalue weighted by molar-refractivity contribution is 0.892. The third-order valence-corrected chi connectivity index (χ3v) is 4.50. The smallest absolute Gasteiger partial charge is 0.107 e. The minimum atomic E-state index is 0.440. The summed E-state index contributed by atoms with van der Waals surface area (Å²) < 4.78 is 0.440. The molecule has 1 unspecified atom stereocenters. The zero-order valence-corrected chi connectivity index (χ0v) is 12.5. The normalized spacial score (nSPS) is 19.9. The van der Waals surface area contributed by atoms with Crippen LogP contribution >= 0.6 is 22.6 Å². The van der Waals surface area contributed by atoms with Crippen molar-refractivity contribution in [3.63, 3.8) is 0 Å². The molecule has 0 spiro atoms. The molecule has 17 heavy (non-hydrogen) atoms. The van der Waals surface area contributed by atoms with Gasteiger partial charge in [-0.25, -0.2) is 0 Å². The third kappa shape index (κ3) is 2.73. The van der Waals surface area contributed by atoms with E-state index in [9.17, 15) is 0 Å². The fourth-order valence-electron chi connectivity index (χ4n) is 2.04. The molecule has 1 nitrogen and oxygen atoms in total. The highest BCUT2D eigenvalue weighted by Gasteiger charge is 2.21. The van der Waals surface area contributed by atoms with Crippen LogP contribution in [-0.2, 0) is 0 Å². The van der Waals surface area contributed by atoms with E-state index >= 15 is 0 Å². The molecule has 0 radical (unpaired) electrons. The third-order valence-electron chi connectivity index (χ3n) is 3.10. The first-order chi connectivity index (χ1) is 8.26. The molecule has 0 amide bonds. The number of benzene rings is 1. The first-order valence-electron chi connectivity index (χ1n) is 6.14. The van der Waals surface area contributed by atoms with Crippen molar-refractivity contribution in [2.75, 3.05) is 4.90 Å². The summed E-state index contributed by atoms with van der Waals surface area (Å²) >= 11 is 2.52. The summed E-state index contributed by atoms with van der Waals surface area (Å²) in [6, 6.07) is 10.6. The van der Waals surface area contributed by atoms with Crippen molar-refractivity contribution in [2.24, 2.45) is 0 Å². The van der Waals surface area contributed by atoms with E-state index in [1.54, 1.807) is 0 Å². The molecule has 1 aliphatic heterocycles. The maximum Gasteiger partial charge on any atom is 0.107 e. The van der Waals surface area contributed by atoms with Gasteiger partial charge in [0.15, 0.2) is 0 Å². The molecule has 0 aliphatic carbocycles. The molecule has 0 saturated heterocycles. The predicted octanol–water partition coefficient (Wildman–Crippen LogP) is 4.90. The Bertz CT molecular complexity index is 433. The number of nitrogens with zero attached hydrogens (tertiary/aromatic N) is 1. The van der Waals surface area contributed by atoms with Gasteiger partial charge in [0.05, 0.1) is 0 Å². The number of rotatable bonds is 3. The van der Waals surface area contributed by atoms with Crippen molar-refractivity contribution in [2.45, 2.75) is 30.7 Å². The van der Waals surface area contributed by atoms with Crippen LogP contribution in [0.4, 0.5) is 5.69 Å². The number of allylic oxidation sites excluding steroid dienone is 2. The maximum absolute atomic E-state index is 2.52. The summed E-state index contributed by atoms with van der Waals surface area (Å²) in [6.07, 6.45) is 6.85. The highest BCUT2D eigenvalue weighted by molar-refractivity contribution is 14.1. The van der Waals surface area contributed by atoms with Crippen LogP contribution in [0.1, 0.15) is 26.7 Å². The molecule has 0 saturated carbocycles. The average molecular weight is 339 g/mol. The average Bonchev–Trinajstić information content (AvgIpc) is 2.40. The van der Waals surface area contributed by atoms with Gasteiger partial charge in [-0.15, -0.1) is 0 Å². The van der Waals surface area contributed by atoms with Crippen LogP contribution in [0.2, 0.25) is 0 Å². The lowest BCUT2D eigenvalue weighted by Crippen LogP contribution is -2.29. The van der Waals surface area contributed by atoms with Gasteiger partial charge in [0.25, 0.3) is 0 Å². The van der Waals surface area contributed by atoms with Crippen molar-refractivity contribution >= 4 is 28.3 Å². The number of halogens is 1. The van der Waals surface area contributed by atoms with Crippen molar-refractivity contribution in [1.82, 2.24) is 0 Å². The Morgan fingerprint density at radius 1 is 1.12 bits per heavy atom. The second-order valence-corrected chi connectivity index (χ2v) is 5.39. The van der Waals surface area contributed by atoms with Gasteiger partial charge in [0, 0.05) is 11.9 Å². The summed E-state index contributed by atoms with van der Waals surface area (Å²) in [5.41, 5.74) is 4.20. The van der Waals surface area contributed by atoms with Crippen molar-refractivity contribution in [3.05, 3.63) is 53.8 Å². The Hall–Kier alpha value is -0.770. The molecule has 1 aromatic carbocycles. The van der Waals surface area contributed by atoms with Gasteiger partial charge in [-0.3, -0.25) is 0 Å². The van der Waals surface area contributed by atoms with E-state index in [-0.39, 0.29) is 0 Å². The number of hydrogen-bond donors (Lipinski definition) is 0. The zero-order valence-electron chi connectivity index (χ0n) is 10.4. The van der Waals surface area contributed by atoms with E-state index in [0.29, 0.717) is 4.05 Å². The molecular formula is C15H18IN. The largest absolute Gasteiger partial charge is 0.332 e. The van der Waals surface area contributed by atoms with Crippen LogP contribution in [0.5, 0.6) is 0 Å². The molecule has 0 N–H and O–H groups in total. The van der Waals surface area contributed by atoms with E-state index in [1.807, 2.05) is 0 Å². The molecule has 90 valence electrons. The standard InChI is InChI=1S/C15H18IN/c1-3-12-10-13(4-2)15(16)17(11-12)14-8-6-5-7-9-14/h5-11,15H,3-4H2,1-2H3. The zero-order chi connectivity index (χ0) is 12.3. The lowest BCUT2D eigenvalue weighted by Gasteiger charge is -2.32. The minimum Gasteiger partial charge on any atom is -0.332 e. The first kappa shape index (κ1) is 12.7. The van der Waals surface area contributed by atoms with E-state index in [1.165, 1.54) is 16.8 Å². The van der Waals surface area contributed by atoms with E-state index in [2.05, 4.69) is 83.9 Å². The Balaban J connectivity index is 2.35. The van der Waals surface area contributed by atoms with Crippen molar-refractivity contribution in [3.8, 4) is 0 Å². The molecule has 0 fully saturated rings.